The number of aromatic nitrogens is 2. The second-order valence-corrected chi connectivity index (χ2v) is 4.62. The molecule has 2 N–H and O–H groups in total. The smallest absolute Gasteiger partial charge is 0.122 e. The molecule has 2 aromatic rings. The summed E-state index contributed by atoms with van der Waals surface area (Å²) >= 11 is 0. The summed E-state index contributed by atoms with van der Waals surface area (Å²) in [5.41, 5.74) is 6.76. The Bertz CT molecular complexity index is 515. The van der Waals surface area contributed by atoms with Crippen molar-refractivity contribution in [3.8, 4) is 0 Å². The van der Waals surface area contributed by atoms with Gasteiger partial charge in [0.2, 0.25) is 0 Å². The Kier molecular flexibility index (Phi) is 3.84. The molecule has 0 atom stereocenters. The van der Waals surface area contributed by atoms with Crippen LogP contribution in [0.4, 0.5) is 0 Å². The van der Waals surface area contributed by atoms with E-state index in [1.165, 1.54) is 5.56 Å². The van der Waals surface area contributed by atoms with Crippen LogP contribution < -0.4 is 5.73 Å². The first-order valence-electron chi connectivity index (χ1n) is 6.03. The normalized spacial score (nSPS) is 11.4. The van der Waals surface area contributed by atoms with Gasteiger partial charge in [-0.05, 0) is 20.0 Å². The SMILES string of the molecule is Cc1oc(CN)cc1CN(C)Cc1nccn1C. The van der Waals surface area contributed by atoms with E-state index in [-0.39, 0.29) is 0 Å². The van der Waals surface area contributed by atoms with E-state index in [1.807, 2.05) is 37.0 Å². The van der Waals surface area contributed by atoms with Gasteiger partial charge in [-0.3, -0.25) is 4.90 Å². The van der Waals surface area contributed by atoms with Crippen LogP contribution in [0.3, 0.4) is 0 Å². The lowest BCUT2D eigenvalue weighted by molar-refractivity contribution is 0.304. The highest BCUT2D eigenvalue weighted by molar-refractivity contribution is 5.20. The van der Waals surface area contributed by atoms with E-state index in [4.69, 9.17) is 10.2 Å². The minimum atomic E-state index is 0.448. The molecule has 0 aromatic carbocycles. The first-order chi connectivity index (χ1) is 8.60. The fourth-order valence-corrected chi connectivity index (χ4v) is 1.98. The molecule has 5 heteroatoms. The van der Waals surface area contributed by atoms with E-state index < -0.39 is 0 Å². The molecule has 2 aromatic heterocycles. The lowest BCUT2D eigenvalue weighted by Crippen LogP contribution is -2.19. The first-order valence-corrected chi connectivity index (χ1v) is 6.03. The van der Waals surface area contributed by atoms with Gasteiger partial charge in [0.25, 0.3) is 0 Å². The number of imidazole rings is 1. The fraction of sp³-hybridized carbons (Fsp3) is 0.462. The molecule has 5 nitrogen and oxygen atoms in total. The molecule has 0 amide bonds. The van der Waals surface area contributed by atoms with Gasteiger partial charge in [0.1, 0.15) is 17.3 Å². The molecule has 0 radical (unpaired) electrons. The molecule has 0 unspecified atom stereocenters. The van der Waals surface area contributed by atoms with E-state index in [0.29, 0.717) is 6.54 Å². The number of hydrogen-bond acceptors (Lipinski definition) is 4. The zero-order chi connectivity index (χ0) is 13.1. The average molecular weight is 248 g/mol. The highest BCUT2D eigenvalue weighted by Crippen LogP contribution is 2.16. The van der Waals surface area contributed by atoms with Crippen molar-refractivity contribution in [2.75, 3.05) is 7.05 Å². The monoisotopic (exact) mass is 248 g/mol. The summed E-state index contributed by atoms with van der Waals surface area (Å²) in [6.45, 7) is 4.07. The Balaban J connectivity index is 2.00. The molecule has 2 heterocycles. The van der Waals surface area contributed by atoms with E-state index >= 15 is 0 Å². The van der Waals surface area contributed by atoms with Crippen molar-refractivity contribution in [1.29, 1.82) is 0 Å². The summed E-state index contributed by atoms with van der Waals surface area (Å²) in [5, 5.41) is 0. The summed E-state index contributed by atoms with van der Waals surface area (Å²) in [6, 6.07) is 2.03. The second kappa shape index (κ2) is 5.37. The zero-order valence-electron chi connectivity index (χ0n) is 11.2. The van der Waals surface area contributed by atoms with Gasteiger partial charge in [-0.2, -0.15) is 0 Å². The van der Waals surface area contributed by atoms with Crippen molar-refractivity contribution >= 4 is 0 Å². The summed E-state index contributed by atoms with van der Waals surface area (Å²) in [6.07, 6.45) is 3.78. The molecule has 0 bridgehead atoms. The van der Waals surface area contributed by atoms with Crippen molar-refractivity contribution in [1.82, 2.24) is 14.5 Å². The van der Waals surface area contributed by atoms with Crippen LogP contribution in [0.2, 0.25) is 0 Å². The number of furan rings is 1. The third-order valence-electron chi connectivity index (χ3n) is 3.05. The predicted molar refractivity (Wildman–Crippen MR) is 69.7 cm³/mol. The molecule has 2 rings (SSSR count). The second-order valence-electron chi connectivity index (χ2n) is 4.62. The highest BCUT2D eigenvalue weighted by Gasteiger charge is 2.10. The Morgan fingerprint density at radius 1 is 1.44 bits per heavy atom. The molecular weight excluding hydrogens is 228 g/mol. The van der Waals surface area contributed by atoms with Crippen LogP contribution in [-0.2, 0) is 26.7 Å². The van der Waals surface area contributed by atoms with Crippen molar-refractivity contribution in [2.24, 2.45) is 12.8 Å². The molecule has 98 valence electrons. The van der Waals surface area contributed by atoms with Gasteiger partial charge in [0.05, 0.1) is 13.1 Å². The van der Waals surface area contributed by atoms with Crippen LogP contribution in [-0.4, -0.2) is 21.5 Å². The van der Waals surface area contributed by atoms with E-state index in [0.717, 1.165) is 30.4 Å². The summed E-state index contributed by atoms with van der Waals surface area (Å²) in [5.74, 6) is 2.84. The van der Waals surface area contributed by atoms with Crippen molar-refractivity contribution in [3.63, 3.8) is 0 Å². The number of aryl methyl sites for hydroxylation is 2. The van der Waals surface area contributed by atoms with Gasteiger partial charge in [-0.1, -0.05) is 0 Å². The maximum absolute atomic E-state index is 5.57. The van der Waals surface area contributed by atoms with E-state index in [1.54, 1.807) is 0 Å². The lowest BCUT2D eigenvalue weighted by atomic mass is 10.2. The van der Waals surface area contributed by atoms with Gasteiger partial charge in [0, 0.05) is 31.5 Å². The quantitative estimate of drug-likeness (QED) is 0.869. The standard InChI is InChI=1S/C13H20N4O/c1-10-11(6-12(7-14)18-10)8-16(2)9-13-15-4-5-17(13)3/h4-6H,7-9,14H2,1-3H3. The maximum atomic E-state index is 5.57. The van der Waals surface area contributed by atoms with Crippen molar-refractivity contribution in [2.45, 2.75) is 26.6 Å². The first kappa shape index (κ1) is 12.9. The molecule has 0 aliphatic rings. The van der Waals surface area contributed by atoms with Gasteiger partial charge < -0.3 is 14.7 Å². The van der Waals surface area contributed by atoms with Gasteiger partial charge in [0.15, 0.2) is 0 Å². The van der Waals surface area contributed by atoms with Crippen molar-refractivity contribution in [3.05, 3.63) is 41.4 Å². The summed E-state index contributed by atoms with van der Waals surface area (Å²) in [7, 11) is 4.08. The predicted octanol–water partition coefficient (Wildman–Crippen LogP) is 1.41. The topological polar surface area (TPSA) is 60.2 Å². The van der Waals surface area contributed by atoms with Gasteiger partial charge in [-0.15, -0.1) is 0 Å². The van der Waals surface area contributed by atoms with Crippen molar-refractivity contribution < 1.29 is 4.42 Å². The van der Waals surface area contributed by atoms with Crippen LogP contribution in [0.15, 0.2) is 22.9 Å². The van der Waals surface area contributed by atoms with Gasteiger partial charge >= 0.3 is 0 Å². The third kappa shape index (κ3) is 2.80. The van der Waals surface area contributed by atoms with Crippen LogP contribution in [0.25, 0.3) is 0 Å². The number of nitrogens with two attached hydrogens (primary N) is 1. The Morgan fingerprint density at radius 2 is 2.22 bits per heavy atom. The fourth-order valence-electron chi connectivity index (χ4n) is 1.98. The average Bonchev–Trinajstić information content (AvgIpc) is 2.87. The molecular formula is C13H20N4O. The van der Waals surface area contributed by atoms with Gasteiger partial charge in [-0.25, -0.2) is 4.98 Å². The molecule has 0 spiro atoms. The Labute approximate surface area is 107 Å². The van der Waals surface area contributed by atoms with Crippen LogP contribution in [0.1, 0.15) is 22.9 Å². The summed E-state index contributed by atoms with van der Waals surface area (Å²) in [4.78, 5) is 6.53. The third-order valence-corrected chi connectivity index (χ3v) is 3.05. The van der Waals surface area contributed by atoms with Crippen LogP contribution >= 0.6 is 0 Å². The molecule has 0 saturated heterocycles. The number of nitrogens with zero attached hydrogens (tertiary/aromatic N) is 3. The number of rotatable bonds is 5. The Hall–Kier alpha value is -1.59. The maximum Gasteiger partial charge on any atom is 0.122 e. The summed E-state index contributed by atoms with van der Waals surface area (Å²) < 4.78 is 7.58. The molecule has 0 saturated carbocycles. The molecule has 0 aliphatic heterocycles. The largest absolute Gasteiger partial charge is 0.465 e. The number of hydrogen-bond donors (Lipinski definition) is 1. The molecule has 0 aliphatic carbocycles. The minimum Gasteiger partial charge on any atom is -0.465 e. The van der Waals surface area contributed by atoms with Crippen LogP contribution in [0, 0.1) is 6.92 Å². The lowest BCUT2D eigenvalue weighted by Gasteiger charge is -2.15. The minimum absolute atomic E-state index is 0.448. The zero-order valence-corrected chi connectivity index (χ0v) is 11.2. The van der Waals surface area contributed by atoms with E-state index in [2.05, 4.69) is 16.9 Å². The molecule has 0 fully saturated rings. The Morgan fingerprint density at radius 3 is 2.78 bits per heavy atom. The van der Waals surface area contributed by atoms with E-state index in [9.17, 15) is 0 Å². The highest BCUT2D eigenvalue weighted by atomic mass is 16.3. The van der Waals surface area contributed by atoms with Crippen LogP contribution in [0.5, 0.6) is 0 Å². The molecule has 18 heavy (non-hydrogen) atoms.